The number of carbonyl (C=O) groups is 1. The fourth-order valence-corrected chi connectivity index (χ4v) is 2.36. The van der Waals surface area contributed by atoms with Crippen LogP contribution in [-0.4, -0.2) is 30.2 Å². The first kappa shape index (κ1) is 15.1. The molecule has 0 fully saturated rings. The van der Waals surface area contributed by atoms with Gasteiger partial charge in [0.15, 0.2) is 0 Å². The van der Waals surface area contributed by atoms with Crippen molar-refractivity contribution < 1.29 is 17.8 Å². The molecule has 0 aromatic carbocycles. The fraction of sp³-hybridized carbons (Fsp3) is 0.700. The number of hydrogen-bond donors (Lipinski definition) is 2. The maximum absolute atomic E-state index is 11.3. The molecule has 0 aliphatic heterocycles. The summed E-state index contributed by atoms with van der Waals surface area (Å²) in [6, 6.07) is 0. The monoisotopic (exact) mass is 249 g/mol. The van der Waals surface area contributed by atoms with Crippen LogP contribution in [0.3, 0.4) is 0 Å². The molecule has 0 saturated heterocycles. The number of hydrogen-bond acceptors (Lipinski definition) is 3. The van der Waals surface area contributed by atoms with Crippen molar-refractivity contribution in [1.82, 2.24) is 5.32 Å². The second-order valence-corrected chi connectivity index (χ2v) is 6.45. The van der Waals surface area contributed by atoms with Gasteiger partial charge in [-0.15, -0.1) is 0 Å². The molecule has 0 heterocycles. The summed E-state index contributed by atoms with van der Waals surface area (Å²) < 4.78 is 30.8. The van der Waals surface area contributed by atoms with Gasteiger partial charge in [-0.1, -0.05) is 27.4 Å². The van der Waals surface area contributed by atoms with E-state index in [4.69, 9.17) is 4.55 Å². The van der Waals surface area contributed by atoms with Crippen LogP contribution in [0.25, 0.3) is 0 Å². The Hall–Kier alpha value is -0.880. The van der Waals surface area contributed by atoms with E-state index < -0.39 is 32.7 Å². The van der Waals surface area contributed by atoms with Crippen LogP contribution in [0.5, 0.6) is 0 Å². The lowest BCUT2D eigenvalue weighted by atomic mass is 9.76. The van der Waals surface area contributed by atoms with Gasteiger partial charge in [0.25, 0.3) is 10.1 Å². The summed E-state index contributed by atoms with van der Waals surface area (Å²) >= 11 is 0. The van der Waals surface area contributed by atoms with Gasteiger partial charge in [0.2, 0.25) is 5.91 Å². The molecule has 0 aromatic rings. The first-order chi connectivity index (χ1) is 6.91. The lowest BCUT2D eigenvalue weighted by Gasteiger charge is -2.41. The standard InChI is InChI=1S/C10H19NO4S/c1-6-8(12)11-10(5,9(2,3)4)7-16(13,14)15/h6H,1,7H2,2-5H3,(H,11,12)(H,13,14,15). The average molecular weight is 249 g/mol. The van der Waals surface area contributed by atoms with Crippen molar-refractivity contribution in [2.24, 2.45) is 5.41 Å². The van der Waals surface area contributed by atoms with Gasteiger partial charge in [0.05, 0.1) is 11.3 Å². The quantitative estimate of drug-likeness (QED) is 0.574. The lowest BCUT2D eigenvalue weighted by molar-refractivity contribution is -0.119. The molecule has 0 saturated carbocycles. The van der Waals surface area contributed by atoms with Crippen molar-refractivity contribution in [3.63, 3.8) is 0 Å². The van der Waals surface area contributed by atoms with Crippen LogP contribution >= 0.6 is 0 Å². The van der Waals surface area contributed by atoms with Crippen molar-refractivity contribution >= 4 is 16.0 Å². The highest BCUT2D eigenvalue weighted by molar-refractivity contribution is 7.85. The van der Waals surface area contributed by atoms with Crippen LogP contribution in [0.15, 0.2) is 12.7 Å². The predicted molar refractivity (Wildman–Crippen MR) is 62.6 cm³/mol. The smallest absolute Gasteiger partial charge is 0.267 e. The Morgan fingerprint density at radius 3 is 2.06 bits per heavy atom. The Kier molecular flexibility index (Phi) is 4.30. The molecule has 0 rings (SSSR count). The minimum absolute atomic E-state index is 0.471. The molecular weight excluding hydrogens is 230 g/mol. The Balaban J connectivity index is 5.21. The van der Waals surface area contributed by atoms with E-state index >= 15 is 0 Å². The SMILES string of the molecule is C=CC(=O)NC(C)(CS(=O)(=O)O)C(C)(C)C. The van der Waals surface area contributed by atoms with E-state index in [0.29, 0.717) is 0 Å². The van der Waals surface area contributed by atoms with Gasteiger partial charge in [-0.2, -0.15) is 8.42 Å². The van der Waals surface area contributed by atoms with Crippen LogP contribution < -0.4 is 5.32 Å². The highest BCUT2D eigenvalue weighted by Crippen LogP contribution is 2.31. The van der Waals surface area contributed by atoms with E-state index in [-0.39, 0.29) is 0 Å². The zero-order valence-corrected chi connectivity index (χ0v) is 10.9. The normalized spacial score (nSPS) is 16.3. The molecule has 1 atom stereocenters. The molecule has 2 N–H and O–H groups in total. The summed E-state index contributed by atoms with van der Waals surface area (Å²) in [5.41, 5.74) is -1.59. The van der Waals surface area contributed by atoms with E-state index in [1.165, 1.54) is 0 Å². The second-order valence-electron chi connectivity index (χ2n) is 5.00. The Labute approximate surface area is 96.7 Å². The lowest BCUT2D eigenvalue weighted by Crippen LogP contribution is -2.58. The van der Waals surface area contributed by atoms with Gasteiger partial charge in [-0.3, -0.25) is 9.35 Å². The number of nitrogens with one attached hydrogen (secondary N) is 1. The molecule has 16 heavy (non-hydrogen) atoms. The summed E-state index contributed by atoms with van der Waals surface area (Å²) in [6.07, 6.45) is 1.06. The highest BCUT2D eigenvalue weighted by Gasteiger charge is 2.41. The van der Waals surface area contributed by atoms with E-state index in [2.05, 4.69) is 11.9 Å². The van der Waals surface area contributed by atoms with Gasteiger partial charge >= 0.3 is 0 Å². The summed E-state index contributed by atoms with van der Waals surface area (Å²) in [7, 11) is -4.17. The van der Waals surface area contributed by atoms with Crippen molar-refractivity contribution in [2.75, 3.05) is 5.75 Å². The third kappa shape index (κ3) is 4.32. The summed E-state index contributed by atoms with van der Waals surface area (Å²) in [5, 5.41) is 2.54. The molecule has 1 amide bonds. The Morgan fingerprint density at radius 2 is 1.81 bits per heavy atom. The molecule has 0 aliphatic rings. The number of rotatable bonds is 4. The maximum atomic E-state index is 11.3. The molecule has 0 bridgehead atoms. The fourth-order valence-electron chi connectivity index (χ4n) is 1.13. The van der Waals surface area contributed by atoms with Gasteiger partial charge in [-0.25, -0.2) is 0 Å². The first-order valence-electron chi connectivity index (χ1n) is 4.81. The van der Waals surface area contributed by atoms with Crippen LogP contribution in [0.4, 0.5) is 0 Å². The number of amides is 1. The molecule has 94 valence electrons. The van der Waals surface area contributed by atoms with Crippen molar-refractivity contribution in [1.29, 1.82) is 0 Å². The minimum Gasteiger partial charge on any atom is -0.346 e. The second kappa shape index (κ2) is 4.55. The maximum Gasteiger partial charge on any atom is 0.267 e. The Morgan fingerprint density at radius 1 is 1.38 bits per heavy atom. The van der Waals surface area contributed by atoms with Crippen LogP contribution in [0.1, 0.15) is 27.7 Å². The predicted octanol–water partition coefficient (Wildman–Crippen LogP) is 0.981. The van der Waals surface area contributed by atoms with E-state index in [1.54, 1.807) is 27.7 Å². The van der Waals surface area contributed by atoms with Crippen molar-refractivity contribution in [3.8, 4) is 0 Å². The highest BCUT2D eigenvalue weighted by atomic mass is 32.2. The average Bonchev–Trinajstić information content (AvgIpc) is 1.98. The van der Waals surface area contributed by atoms with Crippen LogP contribution in [-0.2, 0) is 14.9 Å². The largest absolute Gasteiger partial charge is 0.346 e. The van der Waals surface area contributed by atoms with Gasteiger partial charge < -0.3 is 5.32 Å². The zero-order chi connectivity index (χ0) is 13.2. The molecule has 0 aliphatic carbocycles. The van der Waals surface area contributed by atoms with Gasteiger partial charge in [0, 0.05) is 0 Å². The van der Waals surface area contributed by atoms with Crippen LogP contribution in [0, 0.1) is 5.41 Å². The molecule has 1 unspecified atom stereocenters. The molecular formula is C10H19NO4S. The van der Waals surface area contributed by atoms with E-state index in [0.717, 1.165) is 6.08 Å². The van der Waals surface area contributed by atoms with E-state index in [1.807, 2.05) is 0 Å². The third-order valence-corrected chi connectivity index (χ3v) is 3.65. The minimum atomic E-state index is -4.17. The van der Waals surface area contributed by atoms with Gasteiger partial charge in [0.1, 0.15) is 0 Å². The third-order valence-electron chi connectivity index (χ3n) is 2.71. The molecule has 6 heteroatoms. The molecule has 0 aromatic heterocycles. The van der Waals surface area contributed by atoms with E-state index in [9.17, 15) is 13.2 Å². The zero-order valence-electron chi connectivity index (χ0n) is 10.1. The van der Waals surface area contributed by atoms with Crippen molar-refractivity contribution in [3.05, 3.63) is 12.7 Å². The first-order valence-corrected chi connectivity index (χ1v) is 6.42. The number of carbonyl (C=O) groups excluding carboxylic acids is 1. The molecule has 0 radical (unpaired) electrons. The van der Waals surface area contributed by atoms with Gasteiger partial charge in [-0.05, 0) is 18.4 Å². The van der Waals surface area contributed by atoms with Crippen molar-refractivity contribution in [2.45, 2.75) is 33.2 Å². The molecule has 0 spiro atoms. The Bertz CT molecular complexity index is 380. The molecule has 5 nitrogen and oxygen atoms in total. The summed E-state index contributed by atoms with van der Waals surface area (Å²) in [4.78, 5) is 11.3. The summed E-state index contributed by atoms with van der Waals surface area (Å²) in [6.45, 7) is 10.2. The van der Waals surface area contributed by atoms with Crippen LogP contribution in [0.2, 0.25) is 0 Å². The topological polar surface area (TPSA) is 83.5 Å². The summed E-state index contributed by atoms with van der Waals surface area (Å²) in [5.74, 6) is -1.01.